The summed E-state index contributed by atoms with van der Waals surface area (Å²) < 4.78 is 5.28. The number of methoxy groups -OCH3 is 1. The molecule has 0 amide bonds. The summed E-state index contributed by atoms with van der Waals surface area (Å²) in [5.41, 5.74) is 1.31. The molecule has 0 fully saturated rings. The zero-order valence-corrected chi connectivity index (χ0v) is 7.47. The average Bonchev–Trinajstić information content (AvgIpc) is 2.64. The van der Waals surface area contributed by atoms with Crippen LogP contribution < -0.4 is 0 Å². The van der Waals surface area contributed by atoms with Crippen molar-refractivity contribution in [1.82, 2.24) is 9.71 Å². The molecule has 2 aliphatic heterocycles. The Labute approximate surface area is 79.9 Å². The van der Waals surface area contributed by atoms with Crippen molar-refractivity contribution >= 4 is 5.97 Å². The third-order valence-corrected chi connectivity index (χ3v) is 1.97. The van der Waals surface area contributed by atoms with E-state index in [0.717, 1.165) is 4.73 Å². The Morgan fingerprint density at radius 3 is 3.07 bits per heavy atom. The van der Waals surface area contributed by atoms with Gasteiger partial charge in [-0.3, -0.25) is 4.98 Å². The minimum Gasteiger partial charge on any atom is -0.464 e. The van der Waals surface area contributed by atoms with E-state index in [9.17, 15) is 10.0 Å². The molecule has 0 aromatic rings. The van der Waals surface area contributed by atoms with Gasteiger partial charge in [0.05, 0.1) is 12.8 Å². The molecule has 2 heterocycles. The van der Waals surface area contributed by atoms with Crippen LogP contribution in [0, 0.1) is 0 Å². The summed E-state index contributed by atoms with van der Waals surface area (Å²) in [6, 6.07) is 3.26. The van der Waals surface area contributed by atoms with Crippen LogP contribution >= 0.6 is 0 Å². The van der Waals surface area contributed by atoms with Crippen LogP contribution in [-0.4, -0.2) is 28.0 Å². The molecule has 2 aliphatic rings. The number of nitrogens with zero attached hydrogens (tertiary/aromatic N) is 2. The first-order valence-corrected chi connectivity index (χ1v) is 3.97. The molecule has 0 aromatic carbocycles. The molecule has 0 radical (unpaired) electrons. The molecule has 5 nitrogen and oxygen atoms in total. The van der Waals surface area contributed by atoms with Crippen molar-refractivity contribution in [1.29, 1.82) is 0 Å². The average molecular weight is 192 g/mol. The quantitative estimate of drug-likeness (QED) is 0.541. The van der Waals surface area contributed by atoms with Gasteiger partial charge in [-0.2, -0.15) is 4.73 Å². The number of aromatic nitrogens is 2. The van der Waals surface area contributed by atoms with Gasteiger partial charge in [0.25, 0.3) is 0 Å². The lowest BCUT2D eigenvalue weighted by Crippen LogP contribution is -2.13. The lowest BCUT2D eigenvalue weighted by atomic mass is 10.1. The van der Waals surface area contributed by atoms with E-state index in [4.69, 9.17) is 0 Å². The van der Waals surface area contributed by atoms with Gasteiger partial charge in [-0.1, -0.05) is 0 Å². The van der Waals surface area contributed by atoms with E-state index < -0.39 is 5.97 Å². The Balaban J connectivity index is 2.68. The Morgan fingerprint density at radius 1 is 1.57 bits per heavy atom. The van der Waals surface area contributed by atoms with Crippen molar-refractivity contribution in [2.45, 2.75) is 0 Å². The lowest BCUT2D eigenvalue weighted by molar-refractivity contribution is 0.0546. The van der Waals surface area contributed by atoms with Gasteiger partial charge >= 0.3 is 5.97 Å². The lowest BCUT2D eigenvalue weighted by Gasteiger charge is -2.08. The second-order valence-electron chi connectivity index (χ2n) is 2.74. The Bertz CT molecular complexity index is 450. The Morgan fingerprint density at radius 2 is 2.36 bits per heavy atom. The minimum absolute atomic E-state index is 0.0856. The van der Waals surface area contributed by atoms with Gasteiger partial charge in [0, 0.05) is 18.0 Å². The molecule has 0 unspecified atom stereocenters. The minimum atomic E-state index is -0.592. The van der Waals surface area contributed by atoms with Gasteiger partial charge in [0.15, 0.2) is 5.69 Å². The summed E-state index contributed by atoms with van der Waals surface area (Å²) >= 11 is 0. The van der Waals surface area contributed by atoms with E-state index in [2.05, 4.69) is 9.72 Å². The van der Waals surface area contributed by atoms with Crippen LogP contribution in [0.25, 0.3) is 11.3 Å². The summed E-state index contributed by atoms with van der Waals surface area (Å²) in [4.78, 5) is 15.3. The fourth-order valence-corrected chi connectivity index (χ4v) is 1.32. The molecule has 0 saturated heterocycles. The highest BCUT2D eigenvalue weighted by atomic mass is 16.5. The van der Waals surface area contributed by atoms with Gasteiger partial charge < -0.3 is 9.94 Å². The third kappa shape index (κ3) is 1.10. The van der Waals surface area contributed by atoms with Crippen LogP contribution in [0.3, 0.4) is 0 Å². The molecule has 0 bridgehead atoms. The van der Waals surface area contributed by atoms with Crippen molar-refractivity contribution in [2.75, 3.05) is 7.11 Å². The fraction of sp³-hybridized carbons (Fsp3) is 0.111. The Kier molecular flexibility index (Phi) is 1.85. The maximum atomic E-state index is 11.3. The summed E-state index contributed by atoms with van der Waals surface area (Å²) in [6.45, 7) is 0. The zero-order valence-electron chi connectivity index (χ0n) is 7.47. The standard InChI is InChI=1S/C9H8N2O3/c1-14-9(12)8-6-2-4-10-7(6)3-5-11(8)13/h2-5,13H,1H3. The van der Waals surface area contributed by atoms with Crippen LogP contribution in [0.2, 0.25) is 0 Å². The monoisotopic (exact) mass is 192 g/mol. The van der Waals surface area contributed by atoms with E-state index in [1.165, 1.54) is 13.3 Å². The first-order chi connectivity index (χ1) is 6.74. The van der Waals surface area contributed by atoms with Gasteiger partial charge in [-0.05, 0) is 12.1 Å². The van der Waals surface area contributed by atoms with E-state index >= 15 is 0 Å². The number of ether oxygens (including phenoxy) is 1. The number of rotatable bonds is 1. The van der Waals surface area contributed by atoms with E-state index in [-0.39, 0.29) is 5.69 Å². The smallest absolute Gasteiger partial charge is 0.358 e. The summed E-state index contributed by atoms with van der Waals surface area (Å²) in [6.07, 6.45) is 2.92. The van der Waals surface area contributed by atoms with Gasteiger partial charge in [0.2, 0.25) is 0 Å². The highest BCUT2D eigenvalue weighted by Crippen LogP contribution is 2.23. The van der Waals surface area contributed by atoms with E-state index in [0.29, 0.717) is 11.3 Å². The summed E-state index contributed by atoms with van der Waals surface area (Å²) in [5, 5.41) is 9.42. The molecule has 5 heteroatoms. The van der Waals surface area contributed by atoms with Crippen LogP contribution in [0.5, 0.6) is 0 Å². The summed E-state index contributed by atoms with van der Waals surface area (Å²) in [7, 11) is 1.26. The van der Waals surface area contributed by atoms with Crippen LogP contribution in [0.4, 0.5) is 0 Å². The summed E-state index contributed by atoms with van der Waals surface area (Å²) in [5.74, 6) is -0.592. The number of pyridine rings is 1. The number of hydrogen-bond acceptors (Lipinski definition) is 4. The van der Waals surface area contributed by atoms with Gasteiger partial charge in [0.1, 0.15) is 0 Å². The molecule has 1 N–H and O–H groups in total. The van der Waals surface area contributed by atoms with Crippen molar-refractivity contribution in [3.05, 3.63) is 30.2 Å². The van der Waals surface area contributed by atoms with Crippen molar-refractivity contribution < 1.29 is 14.7 Å². The van der Waals surface area contributed by atoms with Crippen LogP contribution in [0.1, 0.15) is 10.5 Å². The number of fused-ring (bicyclic) bond motifs is 1. The van der Waals surface area contributed by atoms with E-state index in [1.54, 1.807) is 18.3 Å². The number of carbonyl (C=O) groups excluding carboxylic acids is 1. The van der Waals surface area contributed by atoms with Gasteiger partial charge in [-0.25, -0.2) is 4.79 Å². The first kappa shape index (κ1) is 8.55. The van der Waals surface area contributed by atoms with Crippen molar-refractivity contribution in [3.63, 3.8) is 0 Å². The van der Waals surface area contributed by atoms with Crippen LogP contribution in [-0.2, 0) is 4.74 Å². The molecular formula is C9H8N2O3. The Hall–Kier alpha value is -2.04. The second kappa shape index (κ2) is 3.02. The fourth-order valence-electron chi connectivity index (χ4n) is 1.32. The normalized spacial score (nSPS) is 10.4. The molecule has 72 valence electrons. The number of esters is 1. The third-order valence-electron chi connectivity index (χ3n) is 1.97. The highest BCUT2D eigenvalue weighted by molar-refractivity contribution is 5.95. The maximum absolute atomic E-state index is 11.3. The maximum Gasteiger partial charge on any atom is 0.358 e. The second-order valence-corrected chi connectivity index (χ2v) is 2.74. The molecule has 0 aromatic heterocycles. The number of carbonyl (C=O) groups is 1. The molecular weight excluding hydrogens is 184 g/mol. The molecule has 2 rings (SSSR count). The molecule has 0 aliphatic carbocycles. The molecule has 0 saturated carbocycles. The molecule has 0 atom stereocenters. The van der Waals surface area contributed by atoms with Gasteiger partial charge in [-0.15, -0.1) is 0 Å². The zero-order chi connectivity index (χ0) is 10.1. The molecule has 14 heavy (non-hydrogen) atoms. The van der Waals surface area contributed by atoms with Crippen molar-refractivity contribution in [3.8, 4) is 11.3 Å². The predicted molar refractivity (Wildman–Crippen MR) is 47.4 cm³/mol. The molecule has 0 spiro atoms. The first-order valence-electron chi connectivity index (χ1n) is 3.97. The topological polar surface area (TPSA) is 64.3 Å². The largest absolute Gasteiger partial charge is 0.464 e. The SMILES string of the molecule is COC(=O)c1c2ccnc-2ccn1O. The van der Waals surface area contributed by atoms with Crippen molar-refractivity contribution in [2.24, 2.45) is 0 Å². The van der Waals surface area contributed by atoms with E-state index in [1.807, 2.05) is 0 Å². The highest BCUT2D eigenvalue weighted by Gasteiger charge is 2.19. The van der Waals surface area contributed by atoms with Crippen LogP contribution in [0.15, 0.2) is 24.5 Å². The number of hydrogen-bond donors (Lipinski definition) is 1. The predicted octanol–water partition coefficient (Wildman–Crippen LogP) is 1.01.